The second-order valence-corrected chi connectivity index (χ2v) is 3.78. The van der Waals surface area contributed by atoms with Gasteiger partial charge in [0.15, 0.2) is 0 Å². The van der Waals surface area contributed by atoms with Gasteiger partial charge in [-0.15, -0.1) is 0 Å². The van der Waals surface area contributed by atoms with Crippen LogP contribution in [0.1, 0.15) is 25.2 Å². The topological polar surface area (TPSA) is 53.6 Å². The van der Waals surface area contributed by atoms with Gasteiger partial charge in [0.1, 0.15) is 11.5 Å². The molecule has 0 radical (unpaired) electrons. The number of pyridine rings is 1. The van der Waals surface area contributed by atoms with E-state index in [1.807, 2.05) is 0 Å². The second-order valence-electron chi connectivity index (χ2n) is 3.78. The number of nitrogens with zero attached hydrogens (tertiary/aromatic N) is 2. The van der Waals surface area contributed by atoms with Gasteiger partial charge < -0.3 is 10.3 Å². The van der Waals surface area contributed by atoms with Gasteiger partial charge in [-0.05, 0) is 6.42 Å². The van der Waals surface area contributed by atoms with Crippen LogP contribution >= 0.6 is 0 Å². The van der Waals surface area contributed by atoms with Crippen LogP contribution in [0.15, 0.2) is 12.4 Å². The van der Waals surface area contributed by atoms with Crippen LogP contribution in [-0.2, 0) is 0 Å². The van der Waals surface area contributed by atoms with Crippen molar-refractivity contribution in [3.63, 3.8) is 0 Å². The highest BCUT2D eigenvalue weighted by Crippen LogP contribution is 2.27. The summed E-state index contributed by atoms with van der Waals surface area (Å²) in [5.41, 5.74) is -0.895. The zero-order valence-electron chi connectivity index (χ0n) is 9.85. The first kappa shape index (κ1) is 13.3. The first-order valence-corrected chi connectivity index (χ1v) is 5.50. The summed E-state index contributed by atoms with van der Waals surface area (Å²) in [4.78, 5) is 9.16. The molecule has 0 spiro atoms. The maximum Gasteiger partial charge on any atom is 0.253 e. The van der Waals surface area contributed by atoms with Crippen molar-refractivity contribution in [2.45, 2.75) is 19.4 Å². The molecular weight excluding hydrogens is 264 g/mol. The minimum atomic E-state index is -1.70. The maximum atomic E-state index is 13.4. The largest absolute Gasteiger partial charge is 0.370 e. The Kier molecular flexibility index (Phi) is 3.68. The molecule has 0 aliphatic heterocycles. The second kappa shape index (κ2) is 5.25. The number of H-pyrrole nitrogens is 1. The molecule has 2 rings (SSSR count). The van der Waals surface area contributed by atoms with Crippen molar-refractivity contribution >= 4 is 5.69 Å². The molecule has 1 atom stereocenters. The van der Waals surface area contributed by atoms with Crippen LogP contribution in [0.2, 0.25) is 0 Å². The molecule has 0 amide bonds. The molecule has 2 heterocycles. The van der Waals surface area contributed by atoms with E-state index in [1.165, 1.54) is 12.4 Å². The van der Waals surface area contributed by atoms with Crippen molar-refractivity contribution in [2.75, 3.05) is 5.32 Å². The smallest absolute Gasteiger partial charge is 0.253 e. The third-order valence-electron chi connectivity index (χ3n) is 2.57. The normalized spacial score (nSPS) is 12.5. The van der Waals surface area contributed by atoms with Gasteiger partial charge in [-0.2, -0.15) is 22.5 Å². The summed E-state index contributed by atoms with van der Waals surface area (Å²) >= 11 is 0. The lowest BCUT2D eigenvalue weighted by Crippen LogP contribution is -2.16. The number of aromatic nitrogens is 3. The number of halogens is 4. The molecule has 0 bridgehead atoms. The Bertz CT molecular complexity index is 544. The van der Waals surface area contributed by atoms with E-state index < -0.39 is 35.3 Å². The predicted molar refractivity (Wildman–Crippen MR) is 59.3 cm³/mol. The van der Waals surface area contributed by atoms with Crippen LogP contribution in [0, 0.1) is 23.5 Å². The molecule has 0 aromatic carbocycles. The van der Waals surface area contributed by atoms with Crippen LogP contribution in [0.3, 0.4) is 0 Å². The average molecular weight is 274 g/mol. The van der Waals surface area contributed by atoms with Gasteiger partial charge in [0, 0.05) is 12.4 Å². The lowest BCUT2D eigenvalue weighted by atomic mass is 10.2. The lowest BCUT2D eigenvalue weighted by Gasteiger charge is -2.17. The molecule has 2 aromatic rings. The fourth-order valence-electron chi connectivity index (χ4n) is 1.62. The molecule has 0 aliphatic rings. The van der Waals surface area contributed by atoms with Crippen molar-refractivity contribution in [1.29, 1.82) is 0 Å². The predicted octanol–water partition coefficient (Wildman–Crippen LogP) is 2.92. The first-order valence-electron chi connectivity index (χ1n) is 5.50. The monoisotopic (exact) mass is 274 g/mol. The van der Waals surface area contributed by atoms with Crippen molar-refractivity contribution < 1.29 is 17.6 Å². The van der Waals surface area contributed by atoms with Crippen LogP contribution < -0.4 is 5.32 Å². The SMILES string of the molecule is CCC(Nc1c(F)c(F)nc(F)c1F)c1ncc[nH]1. The molecule has 2 aromatic heterocycles. The Hall–Kier alpha value is -2.12. The quantitative estimate of drug-likeness (QED) is 0.665. The average Bonchev–Trinajstić information content (AvgIpc) is 2.91. The van der Waals surface area contributed by atoms with Crippen molar-refractivity contribution in [3.8, 4) is 0 Å². The van der Waals surface area contributed by atoms with Crippen LogP contribution in [-0.4, -0.2) is 15.0 Å². The van der Waals surface area contributed by atoms with E-state index >= 15 is 0 Å². The van der Waals surface area contributed by atoms with Crippen molar-refractivity contribution in [3.05, 3.63) is 41.7 Å². The summed E-state index contributed by atoms with van der Waals surface area (Å²) in [5.74, 6) is -6.13. The number of rotatable bonds is 4. The molecule has 0 fully saturated rings. The first-order chi connectivity index (χ1) is 9.04. The minimum absolute atomic E-state index is 0.401. The summed E-state index contributed by atoms with van der Waals surface area (Å²) in [7, 11) is 0. The highest BCUT2D eigenvalue weighted by Gasteiger charge is 2.23. The van der Waals surface area contributed by atoms with Crippen molar-refractivity contribution in [2.24, 2.45) is 0 Å². The molecule has 0 saturated carbocycles. The molecule has 0 saturated heterocycles. The summed E-state index contributed by atoms with van der Waals surface area (Å²) in [6, 6.07) is -0.611. The van der Waals surface area contributed by atoms with E-state index in [0.717, 1.165) is 0 Å². The number of aromatic amines is 1. The zero-order valence-corrected chi connectivity index (χ0v) is 9.85. The van der Waals surface area contributed by atoms with Crippen LogP contribution in [0.4, 0.5) is 23.2 Å². The van der Waals surface area contributed by atoms with Crippen LogP contribution in [0.5, 0.6) is 0 Å². The Balaban J connectivity index is 2.37. The van der Waals surface area contributed by atoms with Gasteiger partial charge >= 0.3 is 0 Å². The van der Waals surface area contributed by atoms with Gasteiger partial charge in [0.2, 0.25) is 11.6 Å². The fourth-order valence-corrected chi connectivity index (χ4v) is 1.62. The third-order valence-corrected chi connectivity index (χ3v) is 2.57. The standard InChI is InChI=1S/C11H10F4N4/c1-2-5(11-16-3-4-17-11)18-8-6(12)9(14)19-10(15)7(8)13/h3-5H,2H2,1H3,(H,16,17)(H,18,19). The fraction of sp³-hybridized carbons (Fsp3) is 0.273. The minimum Gasteiger partial charge on any atom is -0.370 e. The summed E-state index contributed by atoms with van der Waals surface area (Å²) in [6.45, 7) is 1.73. The van der Waals surface area contributed by atoms with E-state index in [1.54, 1.807) is 6.92 Å². The van der Waals surface area contributed by atoms with Gasteiger partial charge in [-0.25, -0.2) is 4.98 Å². The highest BCUT2D eigenvalue weighted by atomic mass is 19.2. The molecule has 8 heteroatoms. The van der Waals surface area contributed by atoms with Gasteiger partial charge in [-0.3, -0.25) is 0 Å². The van der Waals surface area contributed by atoms with E-state index in [-0.39, 0.29) is 0 Å². The number of imidazole rings is 1. The molecule has 102 valence electrons. The van der Waals surface area contributed by atoms with E-state index in [9.17, 15) is 17.6 Å². The number of anilines is 1. The molecule has 4 nitrogen and oxygen atoms in total. The molecule has 1 unspecified atom stereocenters. The summed E-state index contributed by atoms with van der Waals surface area (Å²) in [6.07, 6.45) is 3.39. The van der Waals surface area contributed by atoms with E-state index in [0.29, 0.717) is 12.2 Å². The maximum absolute atomic E-state index is 13.4. The number of nitrogens with one attached hydrogen (secondary N) is 2. The lowest BCUT2D eigenvalue weighted by molar-refractivity contribution is 0.409. The Morgan fingerprint density at radius 1 is 1.21 bits per heavy atom. The Morgan fingerprint density at radius 2 is 1.84 bits per heavy atom. The molecule has 2 N–H and O–H groups in total. The molecule has 19 heavy (non-hydrogen) atoms. The Morgan fingerprint density at radius 3 is 2.32 bits per heavy atom. The van der Waals surface area contributed by atoms with Gasteiger partial charge in [0.25, 0.3) is 11.9 Å². The molecule has 0 aliphatic carbocycles. The van der Waals surface area contributed by atoms with Crippen molar-refractivity contribution in [1.82, 2.24) is 15.0 Å². The van der Waals surface area contributed by atoms with E-state index in [4.69, 9.17) is 0 Å². The van der Waals surface area contributed by atoms with E-state index in [2.05, 4.69) is 20.3 Å². The zero-order chi connectivity index (χ0) is 14.0. The van der Waals surface area contributed by atoms with Crippen LogP contribution in [0.25, 0.3) is 0 Å². The summed E-state index contributed by atoms with van der Waals surface area (Å²) in [5, 5.41) is 2.39. The number of hydrogen-bond donors (Lipinski definition) is 2. The van der Waals surface area contributed by atoms with Gasteiger partial charge in [0.05, 0.1) is 6.04 Å². The third kappa shape index (κ3) is 2.51. The molecular formula is C11H10F4N4. The van der Waals surface area contributed by atoms with Gasteiger partial charge in [-0.1, -0.05) is 6.92 Å². The Labute approximate surface area is 105 Å². The number of hydrogen-bond acceptors (Lipinski definition) is 3. The summed E-state index contributed by atoms with van der Waals surface area (Å²) < 4.78 is 52.8. The highest BCUT2D eigenvalue weighted by molar-refractivity contribution is 5.46.